The van der Waals surface area contributed by atoms with Gasteiger partial charge in [0.15, 0.2) is 0 Å². The summed E-state index contributed by atoms with van der Waals surface area (Å²) in [7, 11) is 0. The number of hydrogen-bond acceptors (Lipinski definition) is 2. The van der Waals surface area contributed by atoms with E-state index in [0.717, 1.165) is 4.90 Å². The average Bonchev–Trinajstić information content (AvgIpc) is 2.36. The van der Waals surface area contributed by atoms with Gasteiger partial charge in [-0.3, -0.25) is 14.6 Å². The second-order valence-corrected chi connectivity index (χ2v) is 6.29. The molecule has 1 rings (SSSR count). The van der Waals surface area contributed by atoms with E-state index in [9.17, 15) is 13.6 Å². The highest BCUT2D eigenvalue weighted by Gasteiger charge is 2.39. The molecule has 0 aliphatic carbocycles. The third kappa shape index (κ3) is 3.40. The summed E-state index contributed by atoms with van der Waals surface area (Å²) >= 11 is 0. The molecule has 1 fully saturated rings. The van der Waals surface area contributed by atoms with Gasteiger partial charge in [0.25, 0.3) is 0 Å². The van der Waals surface area contributed by atoms with Crippen LogP contribution in [0.15, 0.2) is 0 Å². The molecule has 1 unspecified atom stereocenters. The van der Waals surface area contributed by atoms with Gasteiger partial charge in [-0.05, 0) is 19.3 Å². The molecule has 1 atom stereocenters. The first-order valence-electron chi connectivity index (χ1n) is 6.48. The third-order valence-corrected chi connectivity index (χ3v) is 3.57. The van der Waals surface area contributed by atoms with Crippen molar-refractivity contribution in [3.05, 3.63) is 0 Å². The minimum absolute atomic E-state index is 0.0436. The molecule has 0 radical (unpaired) electrons. The van der Waals surface area contributed by atoms with E-state index >= 15 is 0 Å². The maximum atomic E-state index is 12.9. The molecule has 106 valence electrons. The number of rotatable bonds is 2. The van der Waals surface area contributed by atoms with E-state index in [2.05, 4.69) is 4.90 Å². The van der Waals surface area contributed by atoms with Gasteiger partial charge in [0, 0.05) is 31.6 Å². The van der Waals surface area contributed by atoms with Crippen molar-refractivity contribution in [2.24, 2.45) is 5.41 Å². The molecular weight excluding hydrogens is 238 g/mol. The molecule has 0 saturated carbocycles. The highest BCUT2D eigenvalue weighted by Crippen LogP contribution is 2.30. The van der Waals surface area contributed by atoms with Crippen LogP contribution in [0, 0.1) is 5.41 Å². The average molecular weight is 262 g/mol. The standard InChI is InChI=1S/C13H24F2N2O/c1-9(2)16-7-6-11(18)17(12(14)15)8-10(16)13(3,4)5/h9-10,12H,6-8H2,1-5H3. The monoisotopic (exact) mass is 262 g/mol. The fourth-order valence-electron chi connectivity index (χ4n) is 2.50. The number of alkyl halides is 2. The quantitative estimate of drug-likeness (QED) is 0.714. The summed E-state index contributed by atoms with van der Waals surface area (Å²) in [5.74, 6) is -0.442. The molecule has 0 aromatic rings. The van der Waals surface area contributed by atoms with E-state index < -0.39 is 12.5 Å². The zero-order valence-electron chi connectivity index (χ0n) is 11.9. The Morgan fingerprint density at radius 1 is 1.28 bits per heavy atom. The minimum atomic E-state index is -2.70. The minimum Gasteiger partial charge on any atom is -0.295 e. The van der Waals surface area contributed by atoms with Gasteiger partial charge in [-0.2, -0.15) is 8.78 Å². The van der Waals surface area contributed by atoms with E-state index in [0.29, 0.717) is 6.54 Å². The van der Waals surface area contributed by atoms with Crippen molar-refractivity contribution in [2.45, 2.75) is 59.7 Å². The smallest absolute Gasteiger partial charge is 0.295 e. The van der Waals surface area contributed by atoms with Crippen LogP contribution in [0.3, 0.4) is 0 Å². The second-order valence-electron chi connectivity index (χ2n) is 6.29. The van der Waals surface area contributed by atoms with Gasteiger partial charge >= 0.3 is 6.55 Å². The Morgan fingerprint density at radius 3 is 2.22 bits per heavy atom. The van der Waals surface area contributed by atoms with Crippen molar-refractivity contribution < 1.29 is 13.6 Å². The van der Waals surface area contributed by atoms with Crippen LogP contribution in [-0.4, -0.2) is 47.4 Å². The van der Waals surface area contributed by atoms with Crippen LogP contribution in [0.5, 0.6) is 0 Å². The zero-order valence-corrected chi connectivity index (χ0v) is 11.9. The topological polar surface area (TPSA) is 23.6 Å². The van der Waals surface area contributed by atoms with Crippen LogP contribution in [0.2, 0.25) is 0 Å². The molecular formula is C13H24F2N2O. The molecule has 18 heavy (non-hydrogen) atoms. The molecule has 0 bridgehead atoms. The number of hydrogen-bond donors (Lipinski definition) is 0. The first kappa shape index (κ1) is 15.3. The zero-order chi connectivity index (χ0) is 14.1. The molecule has 1 saturated heterocycles. The summed E-state index contributed by atoms with van der Waals surface area (Å²) in [6.45, 7) is 8.16. The fourth-order valence-corrected chi connectivity index (χ4v) is 2.50. The molecule has 0 aromatic heterocycles. The van der Waals surface area contributed by atoms with Gasteiger partial charge in [0.05, 0.1) is 0 Å². The van der Waals surface area contributed by atoms with Gasteiger partial charge in [-0.15, -0.1) is 0 Å². The van der Waals surface area contributed by atoms with Gasteiger partial charge in [-0.25, -0.2) is 0 Å². The molecule has 5 heteroatoms. The lowest BCUT2D eigenvalue weighted by Crippen LogP contribution is -2.52. The summed E-state index contributed by atoms with van der Waals surface area (Å²) in [6.07, 6.45) is 0.176. The Bertz CT molecular complexity index is 300. The van der Waals surface area contributed by atoms with Crippen LogP contribution in [0.1, 0.15) is 41.0 Å². The van der Waals surface area contributed by atoms with Crippen molar-refractivity contribution in [3.63, 3.8) is 0 Å². The van der Waals surface area contributed by atoms with Crippen molar-refractivity contribution >= 4 is 5.91 Å². The van der Waals surface area contributed by atoms with Crippen molar-refractivity contribution in [1.82, 2.24) is 9.80 Å². The SMILES string of the molecule is CC(C)N1CCC(=O)N(C(F)F)CC1C(C)(C)C. The number of halogens is 2. The van der Waals surface area contributed by atoms with Gasteiger partial charge < -0.3 is 0 Å². The normalized spacial score (nSPS) is 23.9. The maximum Gasteiger partial charge on any atom is 0.317 e. The van der Waals surface area contributed by atoms with Crippen LogP contribution < -0.4 is 0 Å². The molecule has 1 aliphatic rings. The van der Waals surface area contributed by atoms with E-state index in [1.165, 1.54) is 0 Å². The molecule has 0 spiro atoms. The first-order valence-corrected chi connectivity index (χ1v) is 6.48. The van der Waals surface area contributed by atoms with E-state index in [4.69, 9.17) is 0 Å². The predicted octanol–water partition coefficient (Wildman–Crippen LogP) is 2.57. The Hall–Kier alpha value is -0.710. The molecule has 0 aromatic carbocycles. The lowest BCUT2D eigenvalue weighted by Gasteiger charge is -2.42. The number of carbonyl (C=O) groups excluding carboxylic acids is 1. The van der Waals surface area contributed by atoms with Gasteiger partial charge in [-0.1, -0.05) is 20.8 Å². The van der Waals surface area contributed by atoms with Crippen molar-refractivity contribution in [3.8, 4) is 0 Å². The number of nitrogens with zero attached hydrogens (tertiary/aromatic N) is 2. The highest BCUT2D eigenvalue weighted by molar-refractivity contribution is 5.76. The summed E-state index contributed by atoms with van der Waals surface area (Å²) in [6, 6.07) is 0.206. The first-order chi connectivity index (χ1) is 8.14. The number of amides is 1. The van der Waals surface area contributed by atoms with Gasteiger partial charge in [0.1, 0.15) is 0 Å². The Labute approximate surface area is 108 Å². The summed E-state index contributed by atoms with van der Waals surface area (Å²) in [4.78, 5) is 14.6. The van der Waals surface area contributed by atoms with E-state index in [1.54, 1.807) is 0 Å². The predicted molar refractivity (Wildman–Crippen MR) is 67.4 cm³/mol. The Balaban J connectivity index is 3.01. The molecule has 1 amide bonds. The Kier molecular flexibility index (Phi) is 4.70. The van der Waals surface area contributed by atoms with Crippen molar-refractivity contribution in [2.75, 3.05) is 13.1 Å². The van der Waals surface area contributed by atoms with Crippen LogP contribution in [0.25, 0.3) is 0 Å². The summed E-state index contributed by atoms with van der Waals surface area (Å²) in [5, 5.41) is 0. The number of carbonyl (C=O) groups is 1. The summed E-state index contributed by atoms with van der Waals surface area (Å²) in [5.41, 5.74) is -0.137. The second kappa shape index (κ2) is 5.51. The molecule has 1 heterocycles. The lowest BCUT2D eigenvalue weighted by atomic mass is 9.85. The molecule has 1 aliphatic heterocycles. The van der Waals surface area contributed by atoms with Crippen LogP contribution >= 0.6 is 0 Å². The van der Waals surface area contributed by atoms with E-state index in [1.807, 2.05) is 34.6 Å². The largest absolute Gasteiger partial charge is 0.317 e. The Morgan fingerprint density at radius 2 is 1.83 bits per heavy atom. The highest BCUT2D eigenvalue weighted by atomic mass is 19.3. The van der Waals surface area contributed by atoms with E-state index in [-0.39, 0.29) is 30.5 Å². The van der Waals surface area contributed by atoms with Crippen LogP contribution in [-0.2, 0) is 4.79 Å². The van der Waals surface area contributed by atoms with Gasteiger partial charge in [0.2, 0.25) is 5.91 Å². The lowest BCUT2D eigenvalue weighted by molar-refractivity contribution is -0.144. The maximum absolute atomic E-state index is 12.9. The third-order valence-electron chi connectivity index (χ3n) is 3.57. The van der Waals surface area contributed by atoms with Crippen molar-refractivity contribution in [1.29, 1.82) is 0 Å². The summed E-state index contributed by atoms with van der Waals surface area (Å²) < 4.78 is 25.9. The fraction of sp³-hybridized carbons (Fsp3) is 0.923. The molecule has 0 N–H and O–H groups in total. The van der Waals surface area contributed by atoms with Crippen LogP contribution in [0.4, 0.5) is 8.78 Å². The molecule has 3 nitrogen and oxygen atoms in total.